The van der Waals surface area contributed by atoms with Gasteiger partial charge < -0.3 is 14.6 Å². The Bertz CT molecular complexity index is 206. The second kappa shape index (κ2) is 5.96. The summed E-state index contributed by atoms with van der Waals surface area (Å²) < 4.78 is 11.1. The van der Waals surface area contributed by atoms with Gasteiger partial charge in [0.25, 0.3) is 0 Å². The highest BCUT2D eigenvalue weighted by Crippen LogP contribution is 2.18. The molecule has 0 bridgehead atoms. The number of aliphatic hydroxyl groups is 1. The quantitative estimate of drug-likeness (QED) is 0.768. The number of nitrogens with zero attached hydrogens (tertiary/aromatic N) is 1. The van der Waals surface area contributed by atoms with Gasteiger partial charge in [-0.05, 0) is 25.8 Å². The molecule has 0 spiro atoms. The number of hydrogen-bond acceptors (Lipinski definition) is 4. The van der Waals surface area contributed by atoms with Crippen molar-refractivity contribution in [3.8, 4) is 0 Å². The average Bonchev–Trinajstić information content (AvgIpc) is 2.80. The molecule has 1 N–H and O–H groups in total. The fourth-order valence-electron chi connectivity index (χ4n) is 2.61. The maximum atomic E-state index is 9.98. The van der Waals surface area contributed by atoms with Crippen LogP contribution in [0.2, 0.25) is 0 Å². The van der Waals surface area contributed by atoms with Crippen molar-refractivity contribution in [2.24, 2.45) is 0 Å². The molecule has 16 heavy (non-hydrogen) atoms. The minimum absolute atomic E-state index is 0.156. The SMILES string of the molecule is CCN(CC1CCCO1)C1COCCC1O. The molecule has 2 rings (SSSR count). The Balaban J connectivity index is 1.86. The van der Waals surface area contributed by atoms with E-state index in [4.69, 9.17) is 9.47 Å². The normalized spacial score (nSPS) is 35.8. The third-order valence-electron chi connectivity index (χ3n) is 3.63. The van der Waals surface area contributed by atoms with Crippen molar-refractivity contribution in [1.82, 2.24) is 4.90 Å². The first-order valence-electron chi connectivity index (χ1n) is 6.42. The van der Waals surface area contributed by atoms with Gasteiger partial charge in [-0.2, -0.15) is 0 Å². The van der Waals surface area contributed by atoms with Crippen molar-refractivity contribution >= 4 is 0 Å². The van der Waals surface area contributed by atoms with Crippen LogP contribution in [-0.4, -0.2) is 61.2 Å². The largest absolute Gasteiger partial charge is 0.391 e. The average molecular weight is 229 g/mol. The minimum Gasteiger partial charge on any atom is -0.391 e. The summed E-state index contributed by atoms with van der Waals surface area (Å²) in [7, 11) is 0. The lowest BCUT2D eigenvalue weighted by atomic mass is 10.0. The summed E-state index contributed by atoms with van der Waals surface area (Å²) in [6, 6.07) is 0.156. The van der Waals surface area contributed by atoms with E-state index in [1.165, 1.54) is 6.42 Å². The molecule has 4 nitrogen and oxygen atoms in total. The van der Waals surface area contributed by atoms with E-state index in [-0.39, 0.29) is 12.1 Å². The Morgan fingerprint density at radius 3 is 2.81 bits per heavy atom. The van der Waals surface area contributed by atoms with Gasteiger partial charge in [0, 0.05) is 19.8 Å². The Morgan fingerprint density at radius 2 is 2.19 bits per heavy atom. The molecule has 0 aliphatic carbocycles. The lowest BCUT2D eigenvalue weighted by Crippen LogP contribution is -2.51. The standard InChI is InChI=1S/C12H23NO3/c1-2-13(8-10-4-3-6-16-10)11-9-15-7-5-12(11)14/h10-12,14H,2-9H2,1H3. The fraction of sp³-hybridized carbons (Fsp3) is 1.00. The number of likely N-dealkylation sites (N-methyl/N-ethyl adjacent to an activating group) is 1. The van der Waals surface area contributed by atoms with E-state index >= 15 is 0 Å². The second-order valence-electron chi connectivity index (χ2n) is 4.72. The van der Waals surface area contributed by atoms with Crippen molar-refractivity contribution in [3.63, 3.8) is 0 Å². The van der Waals surface area contributed by atoms with Gasteiger partial charge in [-0.1, -0.05) is 6.92 Å². The molecule has 0 aromatic carbocycles. The Labute approximate surface area is 97.5 Å². The van der Waals surface area contributed by atoms with Crippen LogP contribution >= 0.6 is 0 Å². The van der Waals surface area contributed by atoms with E-state index in [0.717, 1.165) is 32.5 Å². The molecular formula is C12H23NO3. The summed E-state index contributed by atoms with van der Waals surface area (Å²) in [6.45, 7) is 6.26. The van der Waals surface area contributed by atoms with Crippen molar-refractivity contribution in [1.29, 1.82) is 0 Å². The molecule has 2 saturated heterocycles. The maximum Gasteiger partial charge on any atom is 0.0739 e. The first-order chi connectivity index (χ1) is 7.81. The van der Waals surface area contributed by atoms with Gasteiger partial charge in [0.15, 0.2) is 0 Å². The van der Waals surface area contributed by atoms with Gasteiger partial charge in [-0.15, -0.1) is 0 Å². The molecule has 0 aromatic rings. The van der Waals surface area contributed by atoms with Gasteiger partial charge in [0.2, 0.25) is 0 Å². The predicted octanol–water partition coefficient (Wildman–Crippen LogP) is 0.637. The Hall–Kier alpha value is -0.160. The monoisotopic (exact) mass is 229 g/mol. The van der Waals surface area contributed by atoms with Gasteiger partial charge in [-0.25, -0.2) is 0 Å². The van der Waals surface area contributed by atoms with Crippen LogP contribution in [0.4, 0.5) is 0 Å². The molecule has 0 saturated carbocycles. The molecule has 2 aliphatic heterocycles. The third-order valence-corrected chi connectivity index (χ3v) is 3.63. The Kier molecular flexibility index (Phi) is 4.58. The lowest BCUT2D eigenvalue weighted by molar-refractivity contribution is -0.0700. The van der Waals surface area contributed by atoms with Crippen molar-refractivity contribution in [2.75, 3.05) is 32.9 Å². The highest BCUT2D eigenvalue weighted by Gasteiger charge is 2.30. The zero-order chi connectivity index (χ0) is 11.4. The van der Waals surface area contributed by atoms with Crippen LogP contribution in [0.3, 0.4) is 0 Å². The summed E-state index contributed by atoms with van der Waals surface area (Å²) >= 11 is 0. The van der Waals surface area contributed by atoms with E-state index in [2.05, 4.69) is 11.8 Å². The van der Waals surface area contributed by atoms with E-state index in [9.17, 15) is 5.11 Å². The summed E-state index contributed by atoms with van der Waals surface area (Å²) in [5.41, 5.74) is 0. The summed E-state index contributed by atoms with van der Waals surface area (Å²) in [5.74, 6) is 0. The summed E-state index contributed by atoms with van der Waals surface area (Å²) in [5, 5.41) is 9.98. The number of ether oxygens (including phenoxy) is 2. The maximum absolute atomic E-state index is 9.98. The molecule has 3 unspecified atom stereocenters. The van der Waals surface area contributed by atoms with Crippen LogP contribution < -0.4 is 0 Å². The van der Waals surface area contributed by atoms with E-state index in [1.54, 1.807) is 0 Å². The molecule has 0 radical (unpaired) electrons. The van der Waals surface area contributed by atoms with E-state index in [1.807, 2.05) is 0 Å². The molecule has 4 heteroatoms. The first-order valence-corrected chi connectivity index (χ1v) is 6.42. The van der Waals surface area contributed by atoms with Crippen molar-refractivity contribution in [2.45, 2.75) is 44.4 Å². The van der Waals surface area contributed by atoms with E-state index < -0.39 is 0 Å². The second-order valence-corrected chi connectivity index (χ2v) is 4.72. The smallest absolute Gasteiger partial charge is 0.0739 e. The lowest BCUT2D eigenvalue weighted by Gasteiger charge is -2.37. The zero-order valence-electron chi connectivity index (χ0n) is 10.1. The number of rotatable bonds is 4. The summed E-state index contributed by atoms with van der Waals surface area (Å²) in [6.07, 6.45) is 3.20. The van der Waals surface area contributed by atoms with Crippen LogP contribution in [0.5, 0.6) is 0 Å². The van der Waals surface area contributed by atoms with Crippen LogP contribution in [0.25, 0.3) is 0 Å². The molecule has 94 valence electrons. The number of aliphatic hydroxyl groups excluding tert-OH is 1. The molecule has 2 fully saturated rings. The van der Waals surface area contributed by atoms with Crippen LogP contribution in [-0.2, 0) is 9.47 Å². The Morgan fingerprint density at radius 1 is 1.31 bits per heavy atom. The highest BCUT2D eigenvalue weighted by molar-refractivity contribution is 4.83. The molecular weight excluding hydrogens is 206 g/mol. The molecule has 0 amide bonds. The predicted molar refractivity (Wildman–Crippen MR) is 61.5 cm³/mol. The topological polar surface area (TPSA) is 41.9 Å². The zero-order valence-corrected chi connectivity index (χ0v) is 10.1. The van der Waals surface area contributed by atoms with Gasteiger partial charge in [0.05, 0.1) is 24.9 Å². The number of hydrogen-bond donors (Lipinski definition) is 1. The molecule has 2 aliphatic rings. The molecule has 3 atom stereocenters. The van der Waals surface area contributed by atoms with Crippen LogP contribution in [0, 0.1) is 0 Å². The van der Waals surface area contributed by atoms with Crippen molar-refractivity contribution < 1.29 is 14.6 Å². The van der Waals surface area contributed by atoms with Crippen LogP contribution in [0.15, 0.2) is 0 Å². The van der Waals surface area contributed by atoms with Gasteiger partial charge >= 0.3 is 0 Å². The third kappa shape index (κ3) is 2.94. The van der Waals surface area contributed by atoms with Crippen molar-refractivity contribution in [3.05, 3.63) is 0 Å². The first kappa shape index (κ1) is 12.3. The van der Waals surface area contributed by atoms with E-state index in [0.29, 0.717) is 19.3 Å². The minimum atomic E-state index is -0.241. The van der Waals surface area contributed by atoms with Gasteiger partial charge in [0.1, 0.15) is 0 Å². The fourth-order valence-corrected chi connectivity index (χ4v) is 2.61. The molecule has 2 heterocycles. The van der Waals surface area contributed by atoms with Crippen LogP contribution in [0.1, 0.15) is 26.2 Å². The highest BCUT2D eigenvalue weighted by atomic mass is 16.5. The molecule has 0 aromatic heterocycles. The summed E-state index contributed by atoms with van der Waals surface area (Å²) in [4.78, 5) is 2.31. The van der Waals surface area contributed by atoms with Gasteiger partial charge in [-0.3, -0.25) is 4.90 Å².